The summed E-state index contributed by atoms with van der Waals surface area (Å²) >= 11 is 0. The van der Waals surface area contributed by atoms with Gasteiger partial charge < -0.3 is 24.1 Å². The fraction of sp³-hybridized carbons (Fsp3) is 0.915. The van der Waals surface area contributed by atoms with Crippen molar-refractivity contribution in [2.45, 2.75) is 208 Å². The molecule has 0 aromatic heterocycles. The Morgan fingerprint density at radius 1 is 0.839 bits per heavy atom. The maximum Gasteiger partial charge on any atom is 0.347 e. The minimum atomic E-state index is -0.880. The van der Waals surface area contributed by atoms with E-state index in [2.05, 4.69) is 13.8 Å². The molecule has 13 atom stereocenters. The summed E-state index contributed by atoms with van der Waals surface area (Å²) in [4.78, 5) is 53.5. The number of carbonyl (C=O) groups excluding carboxylic acids is 4. The van der Waals surface area contributed by atoms with E-state index in [9.17, 15) is 24.3 Å². The summed E-state index contributed by atoms with van der Waals surface area (Å²) < 4.78 is 22.9. The van der Waals surface area contributed by atoms with Crippen LogP contribution in [0.1, 0.15) is 184 Å². The average Bonchev–Trinajstić information content (AvgIpc) is 3.84. The van der Waals surface area contributed by atoms with Crippen LogP contribution < -0.4 is 0 Å². The highest BCUT2D eigenvalue weighted by atomic mass is 16.6. The first-order chi connectivity index (χ1) is 22.6. The number of aliphatic hydroxyl groups excluding tert-OH is 1. The Hall–Kier alpha value is -2.16. The lowest BCUT2D eigenvalue weighted by Crippen LogP contribution is -2.41. The first kappa shape index (κ1) is 58.2. The average molecular weight is 801 g/mol. The Labute approximate surface area is 345 Å². The van der Waals surface area contributed by atoms with E-state index in [4.69, 9.17) is 18.9 Å². The number of cyclic esters (lactones) is 1. The number of ether oxygens (including phenoxy) is 4. The van der Waals surface area contributed by atoms with Gasteiger partial charge in [-0.15, -0.1) is 0 Å². The lowest BCUT2D eigenvalue weighted by atomic mass is 9.66. The van der Waals surface area contributed by atoms with E-state index in [0.29, 0.717) is 48.9 Å². The Morgan fingerprint density at radius 3 is 1.96 bits per heavy atom. The summed E-state index contributed by atoms with van der Waals surface area (Å²) in [6.07, 6.45) is 8.54. The SMILES string of the molecule is C.C.C.C.C.C.C.C.CC1C2CC(C(O)CC(=O)OC(C)(C)C)C(C2)C1CC(CC(C(=O)OC1CCOC1=O)C1C2CCC(C2)C1C)C(=O)OC1(C)CCCC1. The quantitative estimate of drug-likeness (QED) is 0.152. The Balaban J connectivity index is -0.00000351. The molecule has 6 rings (SSSR count). The second-order valence-electron chi connectivity index (χ2n) is 17.9. The van der Waals surface area contributed by atoms with Crippen LogP contribution in [0.5, 0.6) is 0 Å². The number of hydrogen-bond acceptors (Lipinski definition) is 9. The minimum Gasteiger partial charge on any atom is -0.463 e. The molecule has 0 aromatic carbocycles. The van der Waals surface area contributed by atoms with Crippen molar-refractivity contribution in [3.63, 3.8) is 0 Å². The summed E-state index contributed by atoms with van der Waals surface area (Å²) in [5.74, 6) is 0.0406. The van der Waals surface area contributed by atoms with Crippen molar-refractivity contribution >= 4 is 23.9 Å². The maximum absolute atomic E-state index is 14.4. The van der Waals surface area contributed by atoms with Gasteiger partial charge in [-0.2, -0.15) is 0 Å². The van der Waals surface area contributed by atoms with Crippen LogP contribution in [0.4, 0.5) is 0 Å². The zero-order valence-corrected chi connectivity index (χ0v) is 30.1. The molecular weight excluding hydrogens is 709 g/mol. The molecule has 6 aliphatic rings. The second kappa shape index (κ2) is 22.8. The molecule has 1 heterocycles. The van der Waals surface area contributed by atoms with Crippen LogP contribution in [0.15, 0.2) is 0 Å². The van der Waals surface area contributed by atoms with Crippen LogP contribution >= 0.6 is 0 Å². The molecular formula is C47H92O9. The van der Waals surface area contributed by atoms with Gasteiger partial charge in [0, 0.05) is 6.42 Å². The largest absolute Gasteiger partial charge is 0.463 e. The van der Waals surface area contributed by atoms with Crippen LogP contribution in [-0.4, -0.2) is 59.0 Å². The van der Waals surface area contributed by atoms with Gasteiger partial charge in [0.05, 0.1) is 31.0 Å². The van der Waals surface area contributed by atoms with Gasteiger partial charge in [-0.1, -0.05) is 73.3 Å². The molecule has 4 bridgehead atoms. The smallest absolute Gasteiger partial charge is 0.347 e. The molecule has 1 aliphatic heterocycles. The van der Waals surface area contributed by atoms with E-state index in [1.54, 1.807) is 0 Å². The molecule has 13 unspecified atom stereocenters. The predicted molar refractivity (Wildman–Crippen MR) is 231 cm³/mol. The minimum absolute atomic E-state index is 0. The molecule has 5 aliphatic carbocycles. The second-order valence-corrected chi connectivity index (χ2v) is 17.9. The monoisotopic (exact) mass is 801 g/mol. The van der Waals surface area contributed by atoms with Crippen molar-refractivity contribution < 1.29 is 43.2 Å². The molecule has 6 fully saturated rings. The van der Waals surface area contributed by atoms with Crippen molar-refractivity contribution in [1.29, 1.82) is 0 Å². The van der Waals surface area contributed by atoms with E-state index < -0.39 is 41.2 Å². The van der Waals surface area contributed by atoms with Crippen LogP contribution in [0, 0.1) is 65.1 Å². The molecule has 1 saturated heterocycles. The molecule has 5 saturated carbocycles. The molecule has 0 radical (unpaired) electrons. The third-order valence-electron chi connectivity index (χ3n) is 13.7. The van der Waals surface area contributed by atoms with Crippen LogP contribution in [0.3, 0.4) is 0 Å². The Bertz CT molecular complexity index is 1220. The van der Waals surface area contributed by atoms with Gasteiger partial charge in [0.15, 0.2) is 0 Å². The number of aliphatic hydroxyl groups is 1. The number of esters is 4. The van der Waals surface area contributed by atoms with Gasteiger partial charge in [0.1, 0.15) is 11.2 Å². The lowest BCUT2D eigenvalue weighted by molar-refractivity contribution is -0.170. The maximum atomic E-state index is 14.4. The summed E-state index contributed by atoms with van der Waals surface area (Å²) in [5, 5.41) is 11.3. The molecule has 0 aromatic rings. The van der Waals surface area contributed by atoms with Gasteiger partial charge in [0.25, 0.3) is 0 Å². The number of rotatable bonds is 12. The molecule has 334 valence electrons. The van der Waals surface area contributed by atoms with Gasteiger partial charge >= 0.3 is 23.9 Å². The van der Waals surface area contributed by atoms with Crippen molar-refractivity contribution in [1.82, 2.24) is 0 Å². The third-order valence-corrected chi connectivity index (χ3v) is 13.7. The fourth-order valence-corrected chi connectivity index (χ4v) is 11.4. The standard InChI is InChI=1S/C39H60O9.8CH4/c1-21-25-16-28(29(17-25)31(40)20-33(41)47-38(3,4)5)27(21)18-26(35(42)48-39(6)12-7-8-13-39)19-30(34-22(2)23-9-10-24(34)15-23)36(43)46-32-11-14-45-37(32)44;;;;;;;;/h21-32,34,40H,7-20H2,1-6H3;8*1H4. The molecule has 1 N–H and O–H groups in total. The van der Waals surface area contributed by atoms with Crippen molar-refractivity contribution in [3.8, 4) is 0 Å². The highest BCUT2D eigenvalue weighted by Gasteiger charge is 2.56. The topological polar surface area (TPSA) is 125 Å². The van der Waals surface area contributed by atoms with Crippen LogP contribution in [0.25, 0.3) is 0 Å². The van der Waals surface area contributed by atoms with E-state index in [0.717, 1.165) is 51.4 Å². The van der Waals surface area contributed by atoms with Crippen molar-refractivity contribution in [2.24, 2.45) is 65.1 Å². The summed E-state index contributed by atoms with van der Waals surface area (Å²) in [6, 6.07) is 0. The van der Waals surface area contributed by atoms with E-state index in [1.165, 1.54) is 6.42 Å². The van der Waals surface area contributed by atoms with Gasteiger partial charge in [-0.05, 0) is 152 Å². The normalized spacial score (nSPS) is 32.9. The van der Waals surface area contributed by atoms with Gasteiger partial charge in [0.2, 0.25) is 6.10 Å². The molecule has 56 heavy (non-hydrogen) atoms. The van der Waals surface area contributed by atoms with Crippen LogP contribution in [0.2, 0.25) is 0 Å². The Kier molecular flexibility index (Phi) is 23.7. The highest BCUT2D eigenvalue weighted by Crippen LogP contribution is 2.60. The first-order valence-corrected chi connectivity index (χ1v) is 19.1. The number of fused-ring (bicyclic) bond motifs is 4. The third kappa shape index (κ3) is 12.4. The fourth-order valence-electron chi connectivity index (χ4n) is 11.4. The van der Waals surface area contributed by atoms with Crippen molar-refractivity contribution in [2.75, 3.05) is 6.61 Å². The lowest BCUT2D eigenvalue weighted by Gasteiger charge is -2.40. The van der Waals surface area contributed by atoms with E-state index >= 15 is 0 Å². The van der Waals surface area contributed by atoms with E-state index in [-0.39, 0.29) is 114 Å². The summed E-state index contributed by atoms with van der Waals surface area (Å²) in [5.41, 5.74) is -1.11. The Morgan fingerprint density at radius 2 is 1.45 bits per heavy atom. The zero-order valence-electron chi connectivity index (χ0n) is 30.1. The molecule has 0 amide bonds. The summed E-state index contributed by atoms with van der Waals surface area (Å²) in [7, 11) is 0. The predicted octanol–water partition coefficient (Wildman–Crippen LogP) is 11.5. The molecule has 9 heteroatoms. The number of carbonyl (C=O) groups is 4. The van der Waals surface area contributed by atoms with Crippen molar-refractivity contribution in [3.05, 3.63) is 0 Å². The molecule has 0 spiro atoms. The van der Waals surface area contributed by atoms with Gasteiger partial charge in [-0.25, -0.2) is 4.79 Å². The zero-order chi connectivity index (χ0) is 34.5. The van der Waals surface area contributed by atoms with Gasteiger partial charge in [-0.3, -0.25) is 14.4 Å². The first-order valence-electron chi connectivity index (χ1n) is 19.1. The van der Waals surface area contributed by atoms with Crippen LogP contribution in [-0.2, 0) is 38.1 Å². The van der Waals surface area contributed by atoms with E-state index in [1.807, 2.05) is 27.7 Å². The highest BCUT2D eigenvalue weighted by molar-refractivity contribution is 5.82. The molecule has 9 nitrogen and oxygen atoms in total. The summed E-state index contributed by atoms with van der Waals surface area (Å²) in [6.45, 7) is 12.3. The number of hydrogen-bond donors (Lipinski definition) is 1.